The number of guanidine groups is 1. The van der Waals surface area contributed by atoms with E-state index in [1.54, 1.807) is 0 Å². The van der Waals surface area contributed by atoms with Gasteiger partial charge in [-0.1, -0.05) is 30.3 Å². The van der Waals surface area contributed by atoms with Crippen LogP contribution in [0.1, 0.15) is 47.7 Å². The number of nitrogens with zero attached hydrogens (tertiary/aromatic N) is 2. The number of hydrogen-bond donors (Lipinski definition) is 4. The lowest BCUT2D eigenvalue weighted by Gasteiger charge is -2.16. The molecular formula is C20H30N6OS. The summed E-state index contributed by atoms with van der Waals surface area (Å²) in [5, 5.41) is 3.29. The van der Waals surface area contributed by atoms with E-state index in [1.807, 2.05) is 37.3 Å². The molecule has 152 valence electrons. The van der Waals surface area contributed by atoms with Gasteiger partial charge in [-0.25, -0.2) is 4.98 Å². The van der Waals surface area contributed by atoms with Crippen LogP contribution < -0.4 is 22.5 Å². The van der Waals surface area contributed by atoms with Gasteiger partial charge in [0.05, 0.1) is 5.69 Å². The van der Waals surface area contributed by atoms with Crippen LogP contribution in [0.4, 0.5) is 5.13 Å². The first-order valence-electron chi connectivity index (χ1n) is 9.56. The molecule has 1 amide bonds. The molecule has 0 bridgehead atoms. The molecule has 1 aromatic heterocycles. The Morgan fingerprint density at radius 1 is 1.29 bits per heavy atom. The average Bonchev–Trinajstić information content (AvgIpc) is 3.00. The number of aliphatic imine (C=N–C) groups is 1. The third-order valence-corrected chi connectivity index (χ3v) is 5.53. The molecule has 0 aliphatic heterocycles. The number of nitrogens with two attached hydrogens (primary N) is 3. The van der Waals surface area contributed by atoms with Crippen LogP contribution in [0.15, 0.2) is 35.3 Å². The van der Waals surface area contributed by atoms with Gasteiger partial charge in [0, 0.05) is 17.8 Å². The molecule has 2 aromatic rings. The lowest BCUT2D eigenvalue weighted by Crippen LogP contribution is -2.37. The van der Waals surface area contributed by atoms with Gasteiger partial charge in [-0.3, -0.25) is 15.1 Å². The van der Waals surface area contributed by atoms with Crippen molar-refractivity contribution in [2.24, 2.45) is 16.5 Å². The average molecular weight is 403 g/mol. The van der Waals surface area contributed by atoms with Crippen LogP contribution in [0.2, 0.25) is 0 Å². The van der Waals surface area contributed by atoms with Gasteiger partial charge < -0.3 is 17.2 Å². The Morgan fingerprint density at radius 3 is 2.68 bits per heavy atom. The Kier molecular flexibility index (Phi) is 8.90. The summed E-state index contributed by atoms with van der Waals surface area (Å²) >= 11 is 1.50. The fourth-order valence-corrected chi connectivity index (χ4v) is 3.93. The number of nitrogens with one attached hydrogen (secondary N) is 1. The Morgan fingerprint density at radius 2 is 2.04 bits per heavy atom. The van der Waals surface area contributed by atoms with E-state index in [0.717, 1.165) is 36.9 Å². The third kappa shape index (κ3) is 7.28. The maximum absolute atomic E-state index is 12.4. The second kappa shape index (κ2) is 11.4. The summed E-state index contributed by atoms with van der Waals surface area (Å²) < 4.78 is 0. The number of rotatable bonds is 10. The summed E-state index contributed by atoms with van der Waals surface area (Å²) in [5.41, 5.74) is 19.3. The molecule has 1 heterocycles. The summed E-state index contributed by atoms with van der Waals surface area (Å²) in [6.45, 7) is 3.10. The van der Waals surface area contributed by atoms with E-state index in [2.05, 4.69) is 15.3 Å². The van der Waals surface area contributed by atoms with Gasteiger partial charge in [0.1, 0.15) is 0 Å². The van der Waals surface area contributed by atoms with Crippen LogP contribution in [0, 0.1) is 6.92 Å². The number of benzene rings is 1. The number of amides is 1. The van der Waals surface area contributed by atoms with E-state index in [1.165, 1.54) is 16.2 Å². The number of nitrogen functional groups attached to an aromatic ring is 1. The quantitative estimate of drug-likeness (QED) is 0.275. The number of carbonyl (C=O) groups is 1. The molecule has 0 aliphatic carbocycles. The highest BCUT2D eigenvalue weighted by Crippen LogP contribution is 2.24. The number of aryl methyl sites for hydroxylation is 2. The lowest BCUT2D eigenvalue weighted by atomic mass is 9.91. The van der Waals surface area contributed by atoms with Crippen LogP contribution in [0.25, 0.3) is 0 Å². The van der Waals surface area contributed by atoms with Crippen LogP contribution >= 0.6 is 11.3 Å². The molecule has 0 saturated carbocycles. The maximum Gasteiger partial charge on any atom is 0.227 e. The summed E-state index contributed by atoms with van der Waals surface area (Å²) in [7, 11) is 0. The summed E-state index contributed by atoms with van der Waals surface area (Å²) in [6, 6.07) is 10.0. The van der Waals surface area contributed by atoms with Crippen molar-refractivity contribution in [1.82, 2.24) is 10.3 Å². The first-order valence-corrected chi connectivity index (χ1v) is 10.4. The number of anilines is 1. The molecule has 7 nitrogen and oxygen atoms in total. The van der Waals surface area contributed by atoms with Crippen molar-refractivity contribution < 1.29 is 4.79 Å². The van der Waals surface area contributed by atoms with Crippen molar-refractivity contribution in [1.29, 1.82) is 0 Å². The van der Waals surface area contributed by atoms with E-state index in [9.17, 15) is 4.79 Å². The Bertz CT molecular complexity index is 774. The molecule has 7 N–H and O–H groups in total. The zero-order chi connectivity index (χ0) is 20.4. The van der Waals surface area contributed by atoms with Crippen molar-refractivity contribution in [3.8, 4) is 0 Å². The Hall–Kier alpha value is -2.45. The second-order valence-electron chi connectivity index (χ2n) is 6.72. The zero-order valence-corrected chi connectivity index (χ0v) is 17.2. The first-order chi connectivity index (χ1) is 13.5. The molecule has 0 aliphatic rings. The SMILES string of the molecule is Cc1nc(N)sc1CCCN=C(N)NC(=O)CC(CCCN)c1ccccc1. The molecule has 0 fully saturated rings. The van der Waals surface area contributed by atoms with E-state index in [4.69, 9.17) is 17.2 Å². The Balaban J connectivity index is 1.80. The minimum absolute atomic E-state index is 0.123. The zero-order valence-electron chi connectivity index (χ0n) is 16.4. The molecule has 0 spiro atoms. The third-order valence-electron chi connectivity index (χ3n) is 4.48. The van der Waals surface area contributed by atoms with Gasteiger partial charge in [-0.2, -0.15) is 0 Å². The summed E-state index contributed by atoms with van der Waals surface area (Å²) in [4.78, 5) is 22.0. The van der Waals surface area contributed by atoms with Gasteiger partial charge in [0.25, 0.3) is 0 Å². The second-order valence-corrected chi connectivity index (χ2v) is 7.84. The van der Waals surface area contributed by atoms with Gasteiger partial charge in [-0.05, 0) is 50.6 Å². The molecule has 8 heteroatoms. The summed E-state index contributed by atoms with van der Waals surface area (Å²) in [6.07, 6.45) is 3.77. The molecule has 0 saturated heterocycles. The normalized spacial score (nSPS) is 12.7. The molecule has 2 rings (SSSR count). The van der Waals surface area contributed by atoms with E-state index in [0.29, 0.717) is 24.6 Å². The molecular weight excluding hydrogens is 372 g/mol. The minimum atomic E-state index is -0.127. The van der Waals surface area contributed by atoms with E-state index < -0.39 is 0 Å². The van der Waals surface area contributed by atoms with E-state index in [-0.39, 0.29) is 17.8 Å². The first kappa shape index (κ1) is 21.8. The minimum Gasteiger partial charge on any atom is -0.375 e. The van der Waals surface area contributed by atoms with Gasteiger partial charge >= 0.3 is 0 Å². The number of aromatic nitrogens is 1. The molecule has 1 aromatic carbocycles. The van der Waals surface area contributed by atoms with Crippen LogP contribution in [0.5, 0.6) is 0 Å². The Labute approximate surface area is 170 Å². The fraction of sp³-hybridized carbons (Fsp3) is 0.450. The maximum atomic E-state index is 12.4. The fourth-order valence-electron chi connectivity index (χ4n) is 3.05. The number of thiazole rings is 1. The van der Waals surface area contributed by atoms with Crippen LogP contribution in [-0.2, 0) is 11.2 Å². The largest absolute Gasteiger partial charge is 0.375 e. The topological polar surface area (TPSA) is 132 Å². The summed E-state index contributed by atoms with van der Waals surface area (Å²) in [5.74, 6) is 0.159. The molecule has 28 heavy (non-hydrogen) atoms. The standard InChI is InChI=1S/C20H30N6OS/c1-14-17(28-20(23)25-14)10-6-12-24-19(22)26-18(27)13-16(9-5-11-21)15-7-3-2-4-8-15/h2-4,7-8,16H,5-6,9-13,21H2,1H3,(H2,23,25)(H3,22,24,26,27). The molecule has 1 unspecified atom stereocenters. The molecule has 1 atom stereocenters. The highest BCUT2D eigenvalue weighted by molar-refractivity contribution is 7.15. The highest BCUT2D eigenvalue weighted by Gasteiger charge is 2.16. The van der Waals surface area contributed by atoms with Gasteiger partial charge in [-0.15, -0.1) is 11.3 Å². The highest BCUT2D eigenvalue weighted by atomic mass is 32.1. The number of carbonyl (C=O) groups excluding carboxylic acids is 1. The van der Waals surface area contributed by atoms with Crippen LogP contribution in [-0.4, -0.2) is 29.9 Å². The van der Waals surface area contributed by atoms with Crippen molar-refractivity contribution in [3.05, 3.63) is 46.5 Å². The van der Waals surface area contributed by atoms with Crippen LogP contribution in [0.3, 0.4) is 0 Å². The van der Waals surface area contributed by atoms with Crippen molar-refractivity contribution in [3.63, 3.8) is 0 Å². The van der Waals surface area contributed by atoms with Crippen molar-refractivity contribution in [2.75, 3.05) is 18.8 Å². The predicted molar refractivity (Wildman–Crippen MR) is 116 cm³/mol. The number of hydrogen-bond acceptors (Lipinski definition) is 6. The van der Waals surface area contributed by atoms with Gasteiger partial charge in [0.15, 0.2) is 11.1 Å². The van der Waals surface area contributed by atoms with E-state index >= 15 is 0 Å². The van der Waals surface area contributed by atoms with Gasteiger partial charge in [0.2, 0.25) is 5.91 Å². The van der Waals surface area contributed by atoms with Crippen molar-refractivity contribution >= 4 is 28.3 Å². The monoisotopic (exact) mass is 402 g/mol. The predicted octanol–water partition coefficient (Wildman–Crippen LogP) is 2.31. The van der Waals surface area contributed by atoms with Crippen molar-refractivity contribution in [2.45, 2.75) is 44.9 Å². The smallest absolute Gasteiger partial charge is 0.227 e. The lowest BCUT2D eigenvalue weighted by molar-refractivity contribution is -0.120. The molecule has 0 radical (unpaired) electrons.